The smallest absolute Gasteiger partial charge is 0.257 e. The van der Waals surface area contributed by atoms with Crippen molar-refractivity contribution in [1.29, 1.82) is 0 Å². The van der Waals surface area contributed by atoms with Crippen LogP contribution >= 0.6 is 12.4 Å². The highest BCUT2D eigenvalue weighted by Gasteiger charge is 2.27. The van der Waals surface area contributed by atoms with Crippen molar-refractivity contribution in [2.24, 2.45) is 7.05 Å². The first-order chi connectivity index (χ1) is 7.09. The van der Waals surface area contributed by atoms with Gasteiger partial charge < -0.3 is 10.2 Å². The molecular weight excluding hydrogens is 228 g/mol. The minimum Gasteiger partial charge on any atom is -0.336 e. The highest BCUT2D eigenvalue weighted by molar-refractivity contribution is 5.95. The summed E-state index contributed by atoms with van der Waals surface area (Å²) in [5, 5.41) is 7.32. The largest absolute Gasteiger partial charge is 0.336 e. The predicted molar refractivity (Wildman–Crippen MR) is 63.9 cm³/mol. The van der Waals surface area contributed by atoms with Crippen molar-refractivity contribution in [1.82, 2.24) is 20.0 Å². The normalized spacial score (nSPS) is 15.2. The Morgan fingerprint density at radius 3 is 2.62 bits per heavy atom. The van der Waals surface area contributed by atoms with Gasteiger partial charge >= 0.3 is 0 Å². The number of aromatic nitrogens is 2. The first kappa shape index (κ1) is 13.0. The van der Waals surface area contributed by atoms with E-state index >= 15 is 0 Å². The summed E-state index contributed by atoms with van der Waals surface area (Å²) < 4.78 is 1.68. The molecule has 5 nitrogen and oxygen atoms in total. The van der Waals surface area contributed by atoms with Crippen LogP contribution < -0.4 is 5.32 Å². The van der Waals surface area contributed by atoms with Gasteiger partial charge in [-0.05, 0) is 6.92 Å². The van der Waals surface area contributed by atoms with Crippen LogP contribution in [0.4, 0.5) is 0 Å². The molecule has 16 heavy (non-hydrogen) atoms. The molecule has 1 aromatic heterocycles. The molecule has 1 aliphatic heterocycles. The highest BCUT2D eigenvalue weighted by Crippen LogP contribution is 2.11. The molecule has 0 saturated carbocycles. The number of hydrogen-bond acceptors (Lipinski definition) is 3. The van der Waals surface area contributed by atoms with Gasteiger partial charge in [-0.15, -0.1) is 12.4 Å². The van der Waals surface area contributed by atoms with E-state index in [1.165, 1.54) is 0 Å². The molecule has 1 saturated heterocycles. The lowest BCUT2D eigenvalue weighted by Crippen LogP contribution is -2.57. The second-order valence-corrected chi connectivity index (χ2v) is 4.03. The summed E-state index contributed by atoms with van der Waals surface area (Å²) in [7, 11) is 3.68. The third-order valence-corrected chi connectivity index (χ3v) is 2.87. The quantitative estimate of drug-likeness (QED) is 0.808. The van der Waals surface area contributed by atoms with Gasteiger partial charge in [0, 0.05) is 33.4 Å². The van der Waals surface area contributed by atoms with Crippen LogP contribution in [0.25, 0.3) is 0 Å². The van der Waals surface area contributed by atoms with Gasteiger partial charge in [-0.1, -0.05) is 0 Å². The first-order valence-electron chi connectivity index (χ1n) is 5.07. The maximum absolute atomic E-state index is 12.1. The molecule has 0 unspecified atom stereocenters. The van der Waals surface area contributed by atoms with Gasteiger partial charge in [-0.25, -0.2) is 0 Å². The summed E-state index contributed by atoms with van der Waals surface area (Å²) in [5.41, 5.74) is 1.49. The van der Waals surface area contributed by atoms with E-state index in [0.717, 1.165) is 18.8 Å². The van der Waals surface area contributed by atoms with Crippen molar-refractivity contribution in [3.63, 3.8) is 0 Å². The van der Waals surface area contributed by atoms with Gasteiger partial charge in [-0.3, -0.25) is 9.48 Å². The number of carbonyl (C=O) groups is 1. The molecule has 1 aliphatic rings. The number of nitrogens with one attached hydrogen (secondary N) is 1. The van der Waals surface area contributed by atoms with Gasteiger partial charge in [0.1, 0.15) is 0 Å². The van der Waals surface area contributed by atoms with Crippen LogP contribution in [-0.2, 0) is 7.05 Å². The highest BCUT2D eigenvalue weighted by atomic mass is 35.5. The summed E-state index contributed by atoms with van der Waals surface area (Å²) in [5.74, 6) is 0.0621. The van der Waals surface area contributed by atoms with E-state index in [-0.39, 0.29) is 18.3 Å². The maximum atomic E-state index is 12.1. The molecule has 1 amide bonds. The van der Waals surface area contributed by atoms with Crippen LogP contribution in [0, 0.1) is 6.92 Å². The van der Waals surface area contributed by atoms with Crippen LogP contribution in [-0.4, -0.2) is 46.8 Å². The van der Waals surface area contributed by atoms with E-state index in [9.17, 15) is 4.79 Å². The Morgan fingerprint density at radius 2 is 2.25 bits per heavy atom. The fraction of sp³-hybridized carbons (Fsp3) is 0.600. The number of amides is 1. The van der Waals surface area contributed by atoms with Crippen molar-refractivity contribution in [2.75, 3.05) is 20.1 Å². The third kappa shape index (κ3) is 2.20. The average Bonchev–Trinajstić information content (AvgIpc) is 2.41. The van der Waals surface area contributed by atoms with E-state index in [4.69, 9.17) is 0 Å². The Labute approximate surface area is 101 Å². The van der Waals surface area contributed by atoms with Crippen molar-refractivity contribution < 1.29 is 4.79 Å². The SMILES string of the molecule is Cc1nn(C)cc1C(=O)N(C)C1CNC1.Cl. The minimum atomic E-state index is 0. The van der Waals surface area contributed by atoms with E-state index in [1.807, 2.05) is 21.0 Å². The lowest BCUT2D eigenvalue weighted by Gasteiger charge is -2.35. The van der Waals surface area contributed by atoms with Crippen LogP contribution in [0.5, 0.6) is 0 Å². The molecule has 1 fully saturated rings. The van der Waals surface area contributed by atoms with Gasteiger partial charge in [0.15, 0.2) is 0 Å². The Balaban J connectivity index is 0.00000128. The van der Waals surface area contributed by atoms with E-state index in [1.54, 1.807) is 15.8 Å². The summed E-state index contributed by atoms with van der Waals surface area (Å²) in [4.78, 5) is 13.9. The molecule has 0 spiro atoms. The molecule has 1 N–H and O–H groups in total. The maximum Gasteiger partial charge on any atom is 0.257 e. The van der Waals surface area contributed by atoms with Crippen LogP contribution in [0.15, 0.2) is 6.20 Å². The first-order valence-corrected chi connectivity index (χ1v) is 5.07. The van der Waals surface area contributed by atoms with Crippen molar-refractivity contribution in [3.05, 3.63) is 17.5 Å². The zero-order chi connectivity index (χ0) is 11.0. The number of carbonyl (C=O) groups excluding carboxylic acids is 1. The molecule has 2 rings (SSSR count). The van der Waals surface area contributed by atoms with Crippen LogP contribution in [0.3, 0.4) is 0 Å². The molecule has 0 bridgehead atoms. The molecular formula is C10H17ClN4O. The molecule has 0 aromatic carbocycles. The molecule has 1 aromatic rings. The van der Waals surface area contributed by atoms with Crippen molar-refractivity contribution >= 4 is 18.3 Å². The number of hydrogen-bond donors (Lipinski definition) is 1. The summed E-state index contributed by atoms with van der Waals surface area (Å²) in [6.07, 6.45) is 1.78. The standard InChI is InChI=1S/C10H16N4O.ClH/c1-7-9(6-13(2)12-7)10(15)14(3)8-4-11-5-8;/h6,8,11H,4-5H2,1-3H3;1H. The van der Waals surface area contributed by atoms with Crippen LogP contribution in [0.1, 0.15) is 16.1 Å². The van der Waals surface area contributed by atoms with Crippen molar-refractivity contribution in [2.45, 2.75) is 13.0 Å². The molecule has 2 heterocycles. The second-order valence-electron chi connectivity index (χ2n) is 4.03. The average molecular weight is 245 g/mol. The van der Waals surface area contributed by atoms with Gasteiger partial charge in [0.2, 0.25) is 0 Å². The van der Waals surface area contributed by atoms with E-state index in [0.29, 0.717) is 11.6 Å². The van der Waals surface area contributed by atoms with Gasteiger partial charge in [-0.2, -0.15) is 5.10 Å². The fourth-order valence-electron chi connectivity index (χ4n) is 1.71. The number of halogens is 1. The fourth-order valence-corrected chi connectivity index (χ4v) is 1.71. The molecule has 90 valence electrons. The Hall–Kier alpha value is -1.07. The molecule has 0 radical (unpaired) electrons. The number of rotatable bonds is 2. The summed E-state index contributed by atoms with van der Waals surface area (Å²) >= 11 is 0. The lowest BCUT2D eigenvalue weighted by molar-refractivity contribution is 0.0680. The zero-order valence-electron chi connectivity index (χ0n) is 9.73. The Bertz CT molecular complexity index is 386. The number of aryl methyl sites for hydroxylation is 2. The summed E-state index contributed by atoms with van der Waals surface area (Å²) in [6.45, 7) is 3.64. The number of nitrogens with zero attached hydrogens (tertiary/aromatic N) is 3. The van der Waals surface area contributed by atoms with Crippen molar-refractivity contribution in [3.8, 4) is 0 Å². The number of likely N-dealkylation sites (N-methyl/N-ethyl adjacent to an activating group) is 1. The second kappa shape index (κ2) is 4.84. The van der Waals surface area contributed by atoms with E-state index < -0.39 is 0 Å². The molecule has 6 heteroatoms. The predicted octanol–water partition coefficient (Wildman–Crippen LogP) is 0.194. The molecule has 0 atom stereocenters. The topological polar surface area (TPSA) is 50.2 Å². The van der Waals surface area contributed by atoms with Gasteiger partial charge in [0.05, 0.1) is 17.3 Å². The molecule has 0 aliphatic carbocycles. The monoisotopic (exact) mass is 244 g/mol. The third-order valence-electron chi connectivity index (χ3n) is 2.87. The van der Waals surface area contributed by atoms with E-state index in [2.05, 4.69) is 10.4 Å². The minimum absolute atomic E-state index is 0. The van der Waals surface area contributed by atoms with Crippen LogP contribution in [0.2, 0.25) is 0 Å². The summed E-state index contributed by atoms with van der Waals surface area (Å²) in [6, 6.07) is 0.331. The Kier molecular flexibility index (Phi) is 3.93. The zero-order valence-corrected chi connectivity index (χ0v) is 10.5. The lowest BCUT2D eigenvalue weighted by atomic mass is 10.1. The van der Waals surface area contributed by atoms with Gasteiger partial charge in [0.25, 0.3) is 5.91 Å². The Morgan fingerprint density at radius 1 is 1.62 bits per heavy atom.